The number of hydrogen-bond acceptors (Lipinski definition) is 5. The van der Waals surface area contributed by atoms with E-state index in [2.05, 4.69) is 13.8 Å². The Hall–Kier alpha value is -0.456. The molecule has 0 radical (unpaired) electrons. The summed E-state index contributed by atoms with van der Waals surface area (Å²) in [4.78, 5) is 13.3. The summed E-state index contributed by atoms with van der Waals surface area (Å²) >= 11 is 0. The molecule has 2 atom stereocenters. The maximum absolute atomic E-state index is 11.6. The molecule has 0 aromatic rings. The van der Waals surface area contributed by atoms with Crippen molar-refractivity contribution in [3.05, 3.63) is 0 Å². The molecular weight excluding hydrogens is 320 g/mol. The molecule has 2 amide bonds. The van der Waals surface area contributed by atoms with Gasteiger partial charge in [-0.15, -0.1) is 0 Å². The van der Waals surface area contributed by atoms with Crippen LogP contribution in [0.2, 0.25) is 11.1 Å². The summed E-state index contributed by atoms with van der Waals surface area (Å²) in [6.07, 6.45) is 1.65. The van der Waals surface area contributed by atoms with Crippen LogP contribution in [-0.2, 0) is 17.7 Å². The lowest BCUT2D eigenvalue weighted by atomic mass is 10.2. The number of nitrogens with zero attached hydrogens (tertiary/aromatic N) is 1. The Balaban J connectivity index is 4.35. The summed E-state index contributed by atoms with van der Waals surface area (Å²) in [6, 6.07) is -0.388. The fourth-order valence-electron chi connectivity index (χ4n) is 2.44. The van der Waals surface area contributed by atoms with Crippen LogP contribution in [0.3, 0.4) is 0 Å². The highest BCUT2D eigenvalue weighted by Crippen LogP contribution is 2.19. The zero-order valence-corrected chi connectivity index (χ0v) is 17.0. The van der Waals surface area contributed by atoms with E-state index in [-0.39, 0.29) is 6.03 Å². The van der Waals surface area contributed by atoms with Gasteiger partial charge in [-0.2, -0.15) is 0 Å². The average Bonchev–Trinajstić information content (AvgIpc) is 2.49. The van der Waals surface area contributed by atoms with E-state index in [0.29, 0.717) is 24.2 Å². The molecule has 0 fully saturated rings. The number of primary amides is 1. The van der Waals surface area contributed by atoms with Crippen LogP contribution < -0.4 is 5.73 Å². The molecule has 0 bridgehead atoms. The van der Waals surface area contributed by atoms with Gasteiger partial charge in [-0.25, -0.2) is 4.79 Å². The average molecular weight is 353 g/mol. The third-order valence-corrected chi connectivity index (χ3v) is 8.26. The van der Waals surface area contributed by atoms with Crippen LogP contribution in [0, 0.1) is 0 Å². The Kier molecular flexibility index (Phi) is 11.8. The van der Waals surface area contributed by atoms with E-state index < -0.39 is 18.6 Å². The number of hydrogen-bond donors (Lipinski definition) is 1. The van der Waals surface area contributed by atoms with Gasteiger partial charge in [0.15, 0.2) is 0 Å². The molecule has 0 aromatic carbocycles. The summed E-state index contributed by atoms with van der Waals surface area (Å²) in [6.45, 7) is 5.41. The van der Waals surface area contributed by atoms with E-state index >= 15 is 0 Å². The summed E-state index contributed by atoms with van der Waals surface area (Å²) in [5.74, 6) is 0. The first-order valence-corrected chi connectivity index (χ1v) is 10.8. The number of carbonyl (C=O) groups excluding carboxylic acids is 1. The minimum atomic E-state index is -1.65. The molecule has 0 spiro atoms. The monoisotopic (exact) mass is 352 g/mol. The van der Waals surface area contributed by atoms with Gasteiger partial charge in [-0.05, 0) is 23.9 Å². The number of rotatable bonds is 12. The first-order chi connectivity index (χ1) is 10.4. The molecule has 22 heavy (non-hydrogen) atoms. The first kappa shape index (κ1) is 21.5. The van der Waals surface area contributed by atoms with Gasteiger partial charge in [0.2, 0.25) is 0 Å². The number of carbonyl (C=O) groups is 1. The fraction of sp³-hybridized carbons (Fsp3) is 0.923. The molecule has 2 unspecified atom stereocenters. The Morgan fingerprint density at radius 2 is 1.23 bits per heavy atom. The van der Waals surface area contributed by atoms with E-state index in [1.165, 1.54) is 0 Å². The van der Waals surface area contributed by atoms with Crippen molar-refractivity contribution >= 4 is 24.6 Å². The largest absolute Gasteiger partial charge is 0.400 e. The molecule has 0 aliphatic rings. The zero-order valence-electron chi connectivity index (χ0n) is 14.7. The maximum Gasteiger partial charge on any atom is 0.323 e. The van der Waals surface area contributed by atoms with Gasteiger partial charge >= 0.3 is 24.6 Å². The van der Waals surface area contributed by atoms with Gasteiger partial charge in [-0.1, -0.05) is 13.8 Å². The lowest BCUT2D eigenvalue weighted by molar-refractivity contribution is 0.201. The van der Waals surface area contributed by atoms with Gasteiger partial charge < -0.3 is 28.3 Å². The standard InChI is InChI=1S/C13H32N2O5Si2/c1-11(21(17-3)18-4)7-9-15(13(14)16)10-8-12(2)22(19-5)20-6/h11-12,21-22H,7-10H2,1-6H3,(H2,14,16). The van der Waals surface area contributed by atoms with Gasteiger partial charge in [0, 0.05) is 41.5 Å². The third-order valence-electron chi connectivity index (χ3n) is 3.88. The maximum atomic E-state index is 11.6. The van der Waals surface area contributed by atoms with Crippen molar-refractivity contribution in [1.29, 1.82) is 0 Å². The van der Waals surface area contributed by atoms with E-state index in [9.17, 15) is 4.79 Å². The Morgan fingerprint density at radius 3 is 1.45 bits per heavy atom. The van der Waals surface area contributed by atoms with Crippen molar-refractivity contribution in [2.24, 2.45) is 5.73 Å². The van der Waals surface area contributed by atoms with Gasteiger partial charge in [0.25, 0.3) is 0 Å². The van der Waals surface area contributed by atoms with Crippen LogP contribution in [0.5, 0.6) is 0 Å². The zero-order chi connectivity index (χ0) is 17.1. The van der Waals surface area contributed by atoms with Crippen molar-refractivity contribution in [3.8, 4) is 0 Å². The lowest BCUT2D eigenvalue weighted by Gasteiger charge is -2.26. The second kappa shape index (κ2) is 12.0. The minimum absolute atomic E-state index is 0.314. The molecule has 0 rings (SSSR count). The Bertz CT molecular complexity index is 282. The van der Waals surface area contributed by atoms with Crippen molar-refractivity contribution in [2.45, 2.75) is 37.8 Å². The molecule has 9 heteroatoms. The molecule has 7 nitrogen and oxygen atoms in total. The van der Waals surface area contributed by atoms with Gasteiger partial charge in [-0.3, -0.25) is 0 Å². The van der Waals surface area contributed by atoms with Crippen LogP contribution in [-0.4, -0.2) is 71.0 Å². The quantitative estimate of drug-likeness (QED) is 0.529. The number of amides is 2. The number of urea groups is 1. The van der Waals surface area contributed by atoms with Crippen LogP contribution in [0.1, 0.15) is 26.7 Å². The van der Waals surface area contributed by atoms with Crippen molar-refractivity contribution in [3.63, 3.8) is 0 Å². The molecule has 0 aliphatic heterocycles. The minimum Gasteiger partial charge on any atom is -0.400 e. The van der Waals surface area contributed by atoms with E-state index in [1.54, 1.807) is 33.3 Å². The van der Waals surface area contributed by atoms with Gasteiger partial charge in [0.1, 0.15) is 0 Å². The van der Waals surface area contributed by atoms with Crippen molar-refractivity contribution in [1.82, 2.24) is 4.90 Å². The number of nitrogens with two attached hydrogens (primary N) is 1. The molecule has 0 saturated carbocycles. The van der Waals surface area contributed by atoms with Gasteiger partial charge in [0.05, 0.1) is 0 Å². The predicted molar refractivity (Wildman–Crippen MR) is 91.6 cm³/mol. The normalized spacial score (nSPS) is 14.4. The molecule has 0 aromatic heterocycles. The SMILES string of the molecule is CO[SiH](OC)C(C)CCN(CCC(C)[SiH](OC)OC)C(N)=O. The summed E-state index contributed by atoms with van der Waals surface area (Å²) in [5.41, 5.74) is 6.10. The molecule has 0 aliphatic carbocycles. The summed E-state index contributed by atoms with van der Waals surface area (Å²) in [7, 11) is 3.38. The van der Waals surface area contributed by atoms with E-state index in [0.717, 1.165) is 12.8 Å². The van der Waals surface area contributed by atoms with E-state index in [1.807, 2.05) is 0 Å². The highest BCUT2D eigenvalue weighted by Gasteiger charge is 2.23. The molecule has 132 valence electrons. The van der Waals surface area contributed by atoms with Crippen molar-refractivity contribution in [2.75, 3.05) is 41.5 Å². The molecule has 2 N–H and O–H groups in total. The summed E-state index contributed by atoms with van der Waals surface area (Å²) < 4.78 is 21.5. The molecule has 0 heterocycles. The highest BCUT2D eigenvalue weighted by atomic mass is 28.3. The molecular formula is C13H32N2O5Si2. The first-order valence-electron chi connectivity index (χ1n) is 7.56. The van der Waals surface area contributed by atoms with Crippen molar-refractivity contribution < 1.29 is 22.5 Å². The molecule has 0 saturated heterocycles. The van der Waals surface area contributed by atoms with Crippen LogP contribution >= 0.6 is 0 Å². The predicted octanol–water partition coefficient (Wildman–Crippen LogP) is 0.954. The second-order valence-electron chi connectivity index (χ2n) is 5.54. The van der Waals surface area contributed by atoms with Crippen LogP contribution in [0.25, 0.3) is 0 Å². The van der Waals surface area contributed by atoms with Crippen LogP contribution in [0.4, 0.5) is 4.79 Å². The second-order valence-corrected chi connectivity index (χ2v) is 11.2. The lowest BCUT2D eigenvalue weighted by Crippen LogP contribution is -2.39. The fourth-order valence-corrected chi connectivity index (χ4v) is 5.53. The third kappa shape index (κ3) is 7.70. The van der Waals surface area contributed by atoms with Crippen LogP contribution in [0.15, 0.2) is 0 Å². The highest BCUT2D eigenvalue weighted by molar-refractivity contribution is 6.46. The van der Waals surface area contributed by atoms with E-state index in [4.69, 9.17) is 23.4 Å². The Morgan fingerprint density at radius 1 is 0.909 bits per heavy atom. The Labute approximate surface area is 137 Å². The smallest absolute Gasteiger partial charge is 0.323 e. The topological polar surface area (TPSA) is 83.2 Å². The summed E-state index contributed by atoms with van der Waals surface area (Å²) in [5, 5.41) is 0.